The molecule has 5 nitrogen and oxygen atoms in total. The van der Waals surface area contributed by atoms with Gasteiger partial charge in [0, 0.05) is 18.2 Å². The molecule has 2 fully saturated rings. The standard InChI is InChI=1S/C16H26N4O/c1-11-13(12(2)20-19-11)4-3-7-18-15(21)14-10-16(14)5-8-17-9-6-16/h14,17H,3-10H2,1-2H3,(H,18,21)(H,19,20)/t14-/m0/s1. The highest BCUT2D eigenvalue weighted by atomic mass is 16.2. The Morgan fingerprint density at radius 1 is 1.38 bits per heavy atom. The van der Waals surface area contributed by atoms with Crippen molar-refractivity contribution in [1.82, 2.24) is 20.8 Å². The molecule has 3 N–H and O–H groups in total. The molecule has 2 heterocycles. The molecule has 1 spiro atoms. The monoisotopic (exact) mass is 290 g/mol. The molecular formula is C16H26N4O. The number of amides is 1. The number of H-pyrrole nitrogens is 1. The number of nitrogens with zero attached hydrogens (tertiary/aromatic N) is 1. The van der Waals surface area contributed by atoms with E-state index in [2.05, 4.69) is 27.8 Å². The topological polar surface area (TPSA) is 69.8 Å². The van der Waals surface area contributed by atoms with Crippen LogP contribution >= 0.6 is 0 Å². The van der Waals surface area contributed by atoms with Crippen LogP contribution in [0, 0.1) is 25.2 Å². The van der Waals surface area contributed by atoms with E-state index in [1.54, 1.807) is 0 Å². The molecule has 5 heteroatoms. The smallest absolute Gasteiger partial charge is 0.223 e. The molecule has 1 atom stereocenters. The predicted octanol–water partition coefficient (Wildman–Crippen LogP) is 1.47. The fourth-order valence-electron chi connectivity index (χ4n) is 3.74. The molecule has 116 valence electrons. The van der Waals surface area contributed by atoms with Crippen molar-refractivity contribution in [3.8, 4) is 0 Å². The summed E-state index contributed by atoms with van der Waals surface area (Å²) in [5.41, 5.74) is 3.86. The van der Waals surface area contributed by atoms with Crippen LogP contribution < -0.4 is 10.6 Å². The van der Waals surface area contributed by atoms with E-state index in [0.717, 1.165) is 50.3 Å². The summed E-state index contributed by atoms with van der Waals surface area (Å²) >= 11 is 0. The second-order valence-electron chi connectivity index (χ2n) is 6.68. The third kappa shape index (κ3) is 2.98. The first-order valence-electron chi connectivity index (χ1n) is 8.11. The Hall–Kier alpha value is -1.36. The number of rotatable bonds is 5. The first kappa shape index (κ1) is 14.6. The summed E-state index contributed by atoms with van der Waals surface area (Å²) in [5.74, 6) is 0.550. The van der Waals surface area contributed by atoms with Gasteiger partial charge in [-0.25, -0.2) is 0 Å². The normalized spacial score (nSPS) is 23.2. The Balaban J connectivity index is 1.39. The third-order valence-electron chi connectivity index (χ3n) is 5.29. The van der Waals surface area contributed by atoms with Crippen molar-refractivity contribution in [2.45, 2.75) is 46.0 Å². The molecule has 21 heavy (non-hydrogen) atoms. The van der Waals surface area contributed by atoms with Gasteiger partial charge in [-0.15, -0.1) is 0 Å². The molecule has 1 aliphatic carbocycles. The Morgan fingerprint density at radius 2 is 2.14 bits per heavy atom. The fraction of sp³-hybridized carbons (Fsp3) is 0.750. The van der Waals surface area contributed by atoms with Gasteiger partial charge < -0.3 is 10.6 Å². The van der Waals surface area contributed by atoms with Crippen molar-refractivity contribution in [2.24, 2.45) is 11.3 Å². The van der Waals surface area contributed by atoms with Crippen LogP contribution in [0.1, 0.15) is 42.6 Å². The van der Waals surface area contributed by atoms with Crippen molar-refractivity contribution < 1.29 is 4.79 Å². The summed E-state index contributed by atoms with van der Waals surface area (Å²) in [5, 5.41) is 13.7. The molecule has 1 saturated carbocycles. The fourth-order valence-corrected chi connectivity index (χ4v) is 3.74. The Bertz CT molecular complexity index is 497. The number of carbonyl (C=O) groups is 1. The van der Waals surface area contributed by atoms with Gasteiger partial charge >= 0.3 is 0 Å². The van der Waals surface area contributed by atoms with E-state index in [-0.39, 0.29) is 11.8 Å². The van der Waals surface area contributed by atoms with Crippen LogP contribution in [0.5, 0.6) is 0 Å². The molecule has 0 unspecified atom stereocenters. The first-order chi connectivity index (χ1) is 10.1. The molecular weight excluding hydrogens is 264 g/mol. The summed E-state index contributed by atoms with van der Waals surface area (Å²) < 4.78 is 0. The van der Waals surface area contributed by atoms with Gasteiger partial charge in [-0.3, -0.25) is 9.89 Å². The number of hydrogen-bond donors (Lipinski definition) is 3. The lowest BCUT2D eigenvalue weighted by molar-refractivity contribution is -0.123. The molecule has 3 rings (SSSR count). The van der Waals surface area contributed by atoms with Crippen LogP contribution in [-0.2, 0) is 11.2 Å². The van der Waals surface area contributed by atoms with E-state index in [1.807, 2.05) is 6.92 Å². The number of aromatic nitrogens is 2. The number of hydrogen-bond acceptors (Lipinski definition) is 3. The summed E-state index contributed by atoms with van der Waals surface area (Å²) in [6, 6.07) is 0. The van der Waals surface area contributed by atoms with E-state index < -0.39 is 0 Å². The Labute approximate surface area is 126 Å². The van der Waals surface area contributed by atoms with Crippen LogP contribution in [0.2, 0.25) is 0 Å². The zero-order valence-corrected chi connectivity index (χ0v) is 13.1. The zero-order valence-electron chi connectivity index (χ0n) is 13.1. The van der Waals surface area contributed by atoms with Crippen molar-refractivity contribution in [3.05, 3.63) is 17.0 Å². The quantitative estimate of drug-likeness (QED) is 0.719. The molecule has 0 radical (unpaired) electrons. The maximum Gasteiger partial charge on any atom is 0.223 e. The van der Waals surface area contributed by atoms with Gasteiger partial charge in [0.2, 0.25) is 5.91 Å². The summed E-state index contributed by atoms with van der Waals surface area (Å²) in [6.07, 6.45) is 5.39. The van der Waals surface area contributed by atoms with Crippen LogP contribution in [-0.4, -0.2) is 35.7 Å². The van der Waals surface area contributed by atoms with E-state index in [9.17, 15) is 4.79 Å². The minimum atomic E-state index is 0.275. The Kier molecular flexibility index (Phi) is 4.02. The molecule has 1 aliphatic heterocycles. The second-order valence-corrected chi connectivity index (χ2v) is 6.68. The molecule has 0 aromatic carbocycles. The third-order valence-corrected chi connectivity index (χ3v) is 5.29. The number of nitrogens with one attached hydrogen (secondary N) is 3. The van der Waals surface area contributed by atoms with Gasteiger partial charge in [0.1, 0.15) is 0 Å². The van der Waals surface area contributed by atoms with E-state index >= 15 is 0 Å². The van der Waals surface area contributed by atoms with Crippen molar-refractivity contribution in [1.29, 1.82) is 0 Å². The number of carbonyl (C=O) groups excluding carboxylic acids is 1. The van der Waals surface area contributed by atoms with Gasteiger partial charge in [-0.2, -0.15) is 5.10 Å². The van der Waals surface area contributed by atoms with E-state index in [4.69, 9.17) is 0 Å². The van der Waals surface area contributed by atoms with Crippen LogP contribution in [0.15, 0.2) is 0 Å². The van der Waals surface area contributed by atoms with Crippen LogP contribution in [0.25, 0.3) is 0 Å². The minimum absolute atomic E-state index is 0.275. The number of piperidine rings is 1. The van der Waals surface area contributed by atoms with Crippen molar-refractivity contribution in [3.63, 3.8) is 0 Å². The van der Waals surface area contributed by atoms with Crippen molar-refractivity contribution >= 4 is 5.91 Å². The summed E-state index contributed by atoms with van der Waals surface area (Å²) in [6.45, 7) is 7.00. The van der Waals surface area contributed by atoms with Crippen LogP contribution in [0.3, 0.4) is 0 Å². The van der Waals surface area contributed by atoms with Crippen molar-refractivity contribution in [2.75, 3.05) is 19.6 Å². The summed E-state index contributed by atoms with van der Waals surface area (Å²) in [7, 11) is 0. The van der Waals surface area contributed by atoms with Crippen LogP contribution in [0.4, 0.5) is 0 Å². The number of aryl methyl sites for hydroxylation is 2. The summed E-state index contributed by atoms with van der Waals surface area (Å²) in [4.78, 5) is 12.2. The lowest BCUT2D eigenvalue weighted by Crippen LogP contribution is -2.34. The lowest BCUT2D eigenvalue weighted by atomic mass is 9.92. The molecule has 1 aromatic heterocycles. The Morgan fingerprint density at radius 3 is 2.81 bits per heavy atom. The average Bonchev–Trinajstić information content (AvgIpc) is 3.08. The molecule has 0 bridgehead atoms. The lowest BCUT2D eigenvalue weighted by Gasteiger charge is -2.23. The highest BCUT2D eigenvalue weighted by Gasteiger charge is 2.57. The highest BCUT2D eigenvalue weighted by molar-refractivity contribution is 5.82. The SMILES string of the molecule is Cc1n[nH]c(C)c1CCCNC(=O)[C@@H]1CC12CCNCC2. The molecule has 1 amide bonds. The minimum Gasteiger partial charge on any atom is -0.356 e. The second kappa shape index (κ2) is 5.79. The van der Waals surface area contributed by atoms with Gasteiger partial charge in [-0.1, -0.05) is 0 Å². The van der Waals surface area contributed by atoms with E-state index in [0.29, 0.717) is 5.41 Å². The first-order valence-corrected chi connectivity index (χ1v) is 8.11. The van der Waals surface area contributed by atoms with Gasteiger partial charge in [0.05, 0.1) is 5.69 Å². The zero-order chi connectivity index (χ0) is 14.9. The molecule has 1 saturated heterocycles. The number of aromatic amines is 1. The van der Waals surface area contributed by atoms with E-state index in [1.165, 1.54) is 18.4 Å². The average molecular weight is 290 g/mol. The maximum absolute atomic E-state index is 12.2. The predicted molar refractivity (Wildman–Crippen MR) is 82.0 cm³/mol. The van der Waals surface area contributed by atoms with Gasteiger partial charge in [-0.05, 0) is 70.0 Å². The maximum atomic E-state index is 12.2. The molecule has 2 aliphatic rings. The highest BCUT2D eigenvalue weighted by Crippen LogP contribution is 2.58. The van der Waals surface area contributed by atoms with Gasteiger partial charge in [0.25, 0.3) is 0 Å². The molecule has 1 aromatic rings. The largest absolute Gasteiger partial charge is 0.356 e. The van der Waals surface area contributed by atoms with Gasteiger partial charge in [0.15, 0.2) is 0 Å².